The van der Waals surface area contributed by atoms with Crippen LogP contribution in [0.2, 0.25) is 0 Å². The van der Waals surface area contributed by atoms with Crippen LogP contribution in [0.4, 0.5) is 5.82 Å². The van der Waals surface area contributed by atoms with Gasteiger partial charge < -0.3 is 14.7 Å². The van der Waals surface area contributed by atoms with Gasteiger partial charge in [0.15, 0.2) is 0 Å². The number of hydrogen-bond acceptors (Lipinski definition) is 5. The molecule has 0 aliphatic heterocycles. The highest BCUT2D eigenvalue weighted by Crippen LogP contribution is 2.15. The smallest absolute Gasteiger partial charge is 0.339 e. The number of carbonyl (C=O) groups excluding carboxylic acids is 1. The fraction of sp³-hybridized carbons (Fsp3) is 0.538. The van der Waals surface area contributed by atoms with E-state index in [1.807, 2.05) is 11.9 Å². The van der Waals surface area contributed by atoms with E-state index in [1.54, 1.807) is 26.0 Å². The summed E-state index contributed by atoms with van der Waals surface area (Å²) in [6.45, 7) is 4.24. The van der Waals surface area contributed by atoms with Crippen molar-refractivity contribution in [1.82, 2.24) is 4.98 Å². The molecule has 0 spiro atoms. The number of esters is 1. The quantitative estimate of drug-likeness (QED) is 0.802. The second-order valence-corrected chi connectivity index (χ2v) is 4.35. The van der Waals surface area contributed by atoms with E-state index in [-0.39, 0.29) is 12.1 Å². The van der Waals surface area contributed by atoms with Crippen LogP contribution in [0.3, 0.4) is 0 Å². The molecule has 18 heavy (non-hydrogen) atoms. The zero-order chi connectivity index (χ0) is 13.7. The van der Waals surface area contributed by atoms with Crippen molar-refractivity contribution in [2.24, 2.45) is 0 Å². The maximum atomic E-state index is 11.4. The number of rotatable bonds is 5. The molecule has 1 aromatic rings. The fourth-order valence-corrected chi connectivity index (χ4v) is 1.58. The second kappa shape index (κ2) is 6.35. The van der Waals surface area contributed by atoms with E-state index in [0.29, 0.717) is 24.2 Å². The lowest BCUT2D eigenvalue weighted by molar-refractivity contribution is 0.0599. The van der Waals surface area contributed by atoms with Crippen molar-refractivity contribution in [2.75, 3.05) is 25.6 Å². The SMILES string of the molecule is COC(=O)c1ccc(N(C)CCC(C)O)nc1C. The van der Waals surface area contributed by atoms with Crippen LogP contribution in [0.25, 0.3) is 0 Å². The maximum Gasteiger partial charge on any atom is 0.339 e. The Labute approximate surface area is 107 Å². The minimum absolute atomic E-state index is 0.331. The van der Waals surface area contributed by atoms with Crippen molar-refractivity contribution in [2.45, 2.75) is 26.4 Å². The first-order valence-electron chi connectivity index (χ1n) is 5.91. The molecule has 1 N–H and O–H groups in total. The number of aromatic nitrogens is 1. The molecule has 0 amide bonds. The molecule has 100 valence electrons. The number of carbonyl (C=O) groups is 1. The average Bonchev–Trinajstić information content (AvgIpc) is 2.34. The highest BCUT2D eigenvalue weighted by molar-refractivity contribution is 5.90. The van der Waals surface area contributed by atoms with E-state index < -0.39 is 0 Å². The van der Waals surface area contributed by atoms with Crippen molar-refractivity contribution < 1.29 is 14.6 Å². The summed E-state index contributed by atoms with van der Waals surface area (Å²) in [5.74, 6) is 0.402. The zero-order valence-corrected chi connectivity index (χ0v) is 11.3. The highest BCUT2D eigenvalue weighted by atomic mass is 16.5. The highest BCUT2D eigenvalue weighted by Gasteiger charge is 2.12. The van der Waals surface area contributed by atoms with Crippen LogP contribution in [-0.2, 0) is 4.74 Å². The number of nitrogens with zero attached hydrogens (tertiary/aromatic N) is 2. The van der Waals surface area contributed by atoms with Gasteiger partial charge in [0.2, 0.25) is 0 Å². The average molecular weight is 252 g/mol. The van der Waals surface area contributed by atoms with Crippen LogP contribution >= 0.6 is 0 Å². The Morgan fingerprint density at radius 1 is 1.56 bits per heavy atom. The number of pyridine rings is 1. The summed E-state index contributed by atoms with van der Waals surface area (Å²) < 4.78 is 4.67. The van der Waals surface area contributed by atoms with Gasteiger partial charge in [-0.05, 0) is 32.4 Å². The van der Waals surface area contributed by atoms with E-state index in [2.05, 4.69) is 9.72 Å². The van der Waals surface area contributed by atoms with Gasteiger partial charge in [0, 0.05) is 13.6 Å². The molecular weight excluding hydrogens is 232 g/mol. The fourth-order valence-electron chi connectivity index (χ4n) is 1.58. The molecule has 1 atom stereocenters. The molecule has 1 heterocycles. The summed E-state index contributed by atoms with van der Waals surface area (Å²) in [7, 11) is 3.26. The number of anilines is 1. The van der Waals surface area contributed by atoms with Gasteiger partial charge in [-0.25, -0.2) is 9.78 Å². The van der Waals surface area contributed by atoms with E-state index in [0.717, 1.165) is 5.82 Å². The molecule has 1 rings (SSSR count). The molecule has 1 unspecified atom stereocenters. The van der Waals surface area contributed by atoms with Crippen LogP contribution in [0.15, 0.2) is 12.1 Å². The molecule has 0 aromatic carbocycles. The number of hydrogen-bond donors (Lipinski definition) is 1. The number of aryl methyl sites for hydroxylation is 1. The van der Waals surface area contributed by atoms with Gasteiger partial charge in [-0.2, -0.15) is 0 Å². The Morgan fingerprint density at radius 2 is 2.22 bits per heavy atom. The molecule has 0 saturated heterocycles. The predicted octanol–water partition coefficient (Wildman–Crippen LogP) is 1.38. The van der Waals surface area contributed by atoms with Crippen molar-refractivity contribution in [3.05, 3.63) is 23.4 Å². The van der Waals surface area contributed by atoms with E-state index in [9.17, 15) is 9.90 Å². The summed E-state index contributed by atoms with van der Waals surface area (Å²) in [6.07, 6.45) is 0.346. The van der Waals surface area contributed by atoms with Gasteiger partial charge in [-0.3, -0.25) is 0 Å². The second-order valence-electron chi connectivity index (χ2n) is 4.35. The minimum atomic E-state index is -0.377. The molecule has 5 heteroatoms. The maximum absolute atomic E-state index is 11.4. The van der Waals surface area contributed by atoms with Crippen molar-refractivity contribution in [3.8, 4) is 0 Å². The number of ether oxygens (including phenoxy) is 1. The first-order chi connectivity index (χ1) is 8.45. The van der Waals surface area contributed by atoms with Gasteiger partial charge >= 0.3 is 5.97 Å². The van der Waals surface area contributed by atoms with Crippen LogP contribution < -0.4 is 4.90 Å². The summed E-state index contributed by atoms with van der Waals surface area (Å²) in [5.41, 5.74) is 1.12. The van der Waals surface area contributed by atoms with Crippen LogP contribution in [0, 0.1) is 6.92 Å². The van der Waals surface area contributed by atoms with E-state index in [1.165, 1.54) is 7.11 Å². The Morgan fingerprint density at radius 3 is 2.72 bits per heavy atom. The first kappa shape index (κ1) is 14.4. The van der Waals surface area contributed by atoms with Crippen molar-refractivity contribution in [1.29, 1.82) is 0 Å². The van der Waals surface area contributed by atoms with Crippen molar-refractivity contribution >= 4 is 11.8 Å². The lowest BCUT2D eigenvalue weighted by Crippen LogP contribution is -2.23. The molecule has 0 saturated carbocycles. The first-order valence-corrected chi connectivity index (χ1v) is 5.91. The largest absolute Gasteiger partial charge is 0.465 e. The molecule has 0 radical (unpaired) electrons. The van der Waals surface area contributed by atoms with E-state index >= 15 is 0 Å². The molecule has 0 fully saturated rings. The van der Waals surface area contributed by atoms with Gasteiger partial charge in [0.1, 0.15) is 5.82 Å². The Kier molecular flexibility index (Phi) is 5.09. The van der Waals surface area contributed by atoms with E-state index in [4.69, 9.17) is 0 Å². The Balaban J connectivity index is 2.80. The third-order valence-corrected chi connectivity index (χ3v) is 2.75. The summed E-state index contributed by atoms with van der Waals surface area (Å²) in [5, 5.41) is 9.24. The van der Waals surface area contributed by atoms with Crippen molar-refractivity contribution in [3.63, 3.8) is 0 Å². The Bertz CT molecular complexity index is 419. The Hall–Kier alpha value is -1.62. The van der Waals surface area contributed by atoms with Gasteiger partial charge in [-0.15, -0.1) is 0 Å². The zero-order valence-electron chi connectivity index (χ0n) is 11.3. The normalized spacial score (nSPS) is 12.1. The lowest BCUT2D eigenvalue weighted by atomic mass is 10.2. The molecule has 1 aromatic heterocycles. The monoisotopic (exact) mass is 252 g/mol. The number of methoxy groups -OCH3 is 1. The third-order valence-electron chi connectivity index (χ3n) is 2.75. The van der Waals surface area contributed by atoms with Gasteiger partial charge in [0.05, 0.1) is 24.5 Å². The van der Waals surface area contributed by atoms with Crippen LogP contribution in [0.1, 0.15) is 29.4 Å². The molecule has 5 nitrogen and oxygen atoms in total. The topological polar surface area (TPSA) is 62.7 Å². The lowest BCUT2D eigenvalue weighted by Gasteiger charge is -2.19. The summed E-state index contributed by atoms with van der Waals surface area (Å²) in [4.78, 5) is 17.7. The van der Waals surface area contributed by atoms with Gasteiger partial charge in [-0.1, -0.05) is 0 Å². The molecule has 0 bridgehead atoms. The number of aliphatic hydroxyl groups excluding tert-OH is 1. The number of aliphatic hydroxyl groups is 1. The molecular formula is C13H20N2O3. The predicted molar refractivity (Wildman–Crippen MR) is 69.9 cm³/mol. The van der Waals surface area contributed by atoms with Crippen LogP contribution in [-0.4, -0.2) is 42.9 Å². The summed E-state index contributed by atoms with van der Waals surface area (Å²) >= 11 is 0. The third kappa shape index (κ3) is 3.70. The van der Waals surface area contributed by atoms with Crippen LogP contribution in [0.5, 0.6) is 0 Å². The standard InChI is InChI=1S/C13H20N2O3/c1-9(16)7-8-15(3)12-6-5-11(10(2)14-12)13(17)18-4/h5-6,9,16H,7-8H2,1-4H3. The van der Waals surface area contributed by atoms with Gasteiger partial charge in [0.25, 0.3) is 0 Å². The molecule has 0 aliphatic carbocycles. The summed E-state index contributed by atoms with van der Waals surface area (Å²) in [6, 6.07) is 3.49. The molecule has 0 aliphatic rings. The minimum Gasteiger partial charge on any atom is -0.465 e.